The Kier molecular flexibility index (Phi) is 9.28. The predicted octanol–water partition coefficient (Wildman–Crippen LogP) is 11.4. The van der Waals surface area contributed by atoms with Crippen LogP contribution in [-0.4, -0.2) is 0 Å². The smallest absolute Gasteiger partial charge is 0.0911 e. The zero-order valence-electron chi connectivity index (χ0n) is 24.4. The molecule has 0 nitrogen and oxygen atoms in total. The first-order valence-corrected chi connectivity index (χ1v) is 14.6. The Labute approximate surface area is 255 Å². The zero-order valence-corrected chi connectivity index (χ0v) is 28.4. The summed E-state index contributed by atoms with van der Waals surface area (Å²) in [6.45, 7) is 22.6. The molecular weight excluding hydrogens is 571 g/mol. The third-order valence-corrected chi connectivity index (χ3v) is 10.1. The maximum Gasteiger partial charge on any atom is 0.0911 e. The van der Waals surface area contributed by atoms with Crippen LogP contribution in [0.3, 0.4) is 0 Å². The summed E-state index contributed by atoms with van der Waals surface area (Å²) in [5.41, 5.74) is 13.2. The van der Waals surface area contributed by atoms with Crippen molar-refractivity contribution in [3.8, 4) is 0 Å². The monoisotopic (exact) mass is 612 g/mol. The van der Waals surface area contributed by atoms with Gasteiger partial charge in [0.15, 0.2) is 0 Å². The molecule has 4 rings (SSSR count). The molecule has 2 atom stereocenters. The molecule has 0 saturated heterocycles. The van der Waals surface area contributed by atoms with E-state index in [2.05, 4.69) is 106 Å². The largest absolute Gasteiger partial charge is 0.109 e. The first-order valence-electron chi connectivity index (χ1n) is 13.8. The van der Waals surface area contributed by atoms with Crippen molar-refractivity contribution >= 4 is 35.4 Å². The minimum Gasteiger partial charge on any atom is -0.109 e. The molecule has 198 valence electrons. The summed E-state index contributed by atoms with van der Waals surface area (Å²) in [4.78, 5) is -1.04. The average molecular weight is 615 g/mol. The second kappa shape index (κ2) is 11.1. The average Bonchev–Trinajstić information content (AvgIpc) is 3.21. The third-order valence-electron chi connectivity index (χ3n) is 8.69. The van der Waals surface area contributed by atoms with Gasteiger partial charge in [-0.25, -0.2) is 0 Å². The van der Waals surface area contributed by atoms with Crippen molar-refractivity contribution in [2.24, 2.45) is 0 Å². The van der Waals surface area contributed by atoms with Crippen LogP contribution in [0.25, 0.3) is 12.2 Å². The van der Waals surface area contributed by atoms with E-state index in [4.69, 9.17) is 23.2 Å². The Morgan fingerprint density at radius 3 is 1.16 bits per heavy atom. The first kappa shape index (κ1) is 30.9. The van der Waals surface area contributed by atoms with Crippen LogP contribution in [0.4, 0.5) is 0 Å². The van der Waals surface area contributed by atoms with E-state index in [9.17, 15) is 0 Å². The van der Waals surface area contributed by atoms with Gasteiger partial charge in [-0.15, -0.1) is 23.2 Å². The Hall–Kier alpha value is -0.617. The van der Waals surface area contributed by atoms with Crippen molar-refractivity contribution in [1.82, 2.24) is 0 Å². The van der Waals surface area contributed by atoms with Crippen LogP contribution in [0, 0.1) is 0 Å². The number of rotatable bonds is 7. The van der Waals surface area contributed by atoms with Gasteiger partial charge in [-0.3, -0.25) is 0 Å². The number of alkyl halides is 2. The minimum absolute atomic E-state index is 0. The summed E-state index contributed by atoms with van der Waals surface area (Å²) in [6.07, 6.45) is 6.28. The number of fused-ring (bicyclic) bond motifs is 2. The molecule has 0 aliphatic heterocycles. The fourth-order valence-electron chi connectivity index (χ4n) is 6.09. The SMILES string of the molecule is CC1=Cc2c(C(C)C)cc(C(C)C)cc2C1(Cl)CCC1(Cl)C(C)=Cc2c(C(C)C)cc(C(C)C)cc21.[Zr]. The molecule has 2 aromatic carbocycles. The number of allylic oxidation sites excluding steroid dienone is 2. The van der Waals surface area contributed by atoms with Crippen molar-refractivity contribution < 1.29 is 26.2 Å². The number of halogens is 2. The fraction of sp³-hybridized carbons (Fsp3) is 0.529. The summed E-state index contributed by atoms with van der Waals surface area (Å²) in [5, 5.41) is 0. The van der Waals surface area contributed by atoms with Crippen LogP contribution >= 0.6 is 23.2 Å². The van der Waals surface area contributed by atoms with Gasteiger partial charge in [-0.1, -0.05) is 91.8 Å². The molecule has 2 aliphatic rings. The second-order valence-corrected chi connectivity index (χ2v) is 13.8. The molecule has 0 aromatic heterocycles. The molecule has 0 spiro atoms. The summed E-state index contributed by atoms with van der Waals surface area (Å²) < 4.78 is 0. The summed E-state index contributed by atoms with van der Waals surface area (Å²) in [6, 6.07) is 9.52. The van der Waals surface area contributed by atoms with Crippen LogP contribution in [0.1, 0.15) is 150 Å². The molecule has 2 unspecified atom stereocenters. The van der Waals surface area contributed by atoms with Gasteiger partial charge in [0.25, 0.3) is 0 Å². The van der Waals surface area contributed by atoms with E-state index in [0.29, 0.717) is 23.7 Å². The van der Waals surface area contributed by atoms with Gasteiger partial charge < -0.3 is 0 Å². The van der Waals surface area contributed by atoms with Crippen molar-refractivity contribution in [2.45, 2.75) is 115 Å². The van der Waals surface area contributed by atoms with Crippen LogP contribution in [0.15, 0.2) is 35.4 Å². The molecule has 0 heterocycles. The van der Waals surface area contributed by atoms with Crippen LogP contribution in [0.2, 0.25) is 0 Å². The molecule has 0 bridgehead atoms. The molecule has 0 amide bonds. The van der Waals surface area contributed by atoms with E-state index < -0.39 is 9.75 Å². The maximum absolute atomic E-state index is 7.64. The number of hydrogen-bond donors (Lipinski definition) is 0. The molecule has 0 radical (unpaired) electrons. The summed E-state index contributed by atoms with van der Waals surface area (Å²) >= 11 is 15.3. The molecule has 2 aliphatic carbocycles. The van der Waals surface area contributed by atoms with Crippen LogP contribution in [-0.2, 0) is 36.0 Å². The van der Waals surface area contributed by atoms with Crippen molar-refractivity contribution in [3.63, 3.8) is 0 Å². The Bertz CT molecular complexity index is 1150. The summed E-state index contributed by atoms with van der Waals surface area (Å²) in [7, 11) is 0. The molecular formula is C34H44Cl2Zr. The van der Waals surface area contributed by atoms with Gasteiger partial charge >= 0.3 is 0 Å². The minimum atomic E-state index is -0.522. The standard InChI is InChI=1S/C34H44Cl2.Zr/c1-19(2)25-15-27(21(5)6)29-13-23(9)33(35,31(29)17-25)11-12-34(36)24(10)14-30-28(22(7)8)16-26(20(3)4)18-32(30)34;/h13-22H,11-12H2,1-10H3;. The zero-order chi connectivity index (χ0) is 26.7. The van der Waals surface area contributed by atoms with E-state index in [1.807, 2.05) is 0 Å². The Morgan fingerprint density at radius 2 is 0.892 bits per heavy atom. The molecule has 0 fully saturated rings. The maximum atomic E-state index is 7.64. The number of hydrogen-bond acceptors (Lipinski definition) is 0. The van der Waals surface area contributed by atoms with Crippen molar-refractivity contribution in [3.05, 3.63) is 79.9 Å². The normalized spacial score (nSPS) is 22.5. The predicted molar refractivity (Wildman–Crippen MR) is 161 cm³/mol. The third kappa shape index (κ3) is 5.28. The molecule has 0 saturated carbocycles. The van der Waals surface area contributed by atoms with E-state index in [1.165, 1.54) is 55.7 Å². The topological polar surface area (TPSA) is 0 Å². The van der Waals surface area contributed by atoms with Gasteiger partial charge in [-0.05, 0) is 106 Å². The molecule has 0 N–H and O–H groups in total. The van der Waals surface area contributed by atoms with Crippen molar-refractivity contribution in [1.29, 1.82) is 0 Å². The molecule has 2 aromatic rings. The Morgan fingerprint density at radius 1 is 0.568 bits per heavy atom. The molecule has 3 heteroatoms. The van der Waals surface area contributed by atoms with E-state index in [0.717, 1.165) is 12.8 Å². The summed E-state index contributed by atoms with van der Waals surface area (Å²) in [5.74, 6) is 1.83. The fourth-order valence-corrected chi connectivity index (χ4v) is 6.70. The van der Waals surface area contributed by atoms with E-state index >= 15 is 0 Å². The van der Waals surface area contributed by atoms with Crippen molar-refractivity contribution in [2.75, 3.05) is 0 Å². The van der Waals surface area contributed by atoms with Crippen LogP contribution in [0.5, 0.6) is 0 Å². The van der Waals surface area contributed by atoms with Gasteiger partial charge in [0, 0.05) is 26.2 Å². The first-order chi connectivity index (χ1) is 16.7. The van der Waals surface area contributed by atoms with E-state index in [1.54, 1.807) is 0 Å². The van der Waals surface area contributed by atoms with Crippen LogP contribution < -0.4 is 0 Å². The Balaban J connectivity index is 0.00000380. The van der Waals surface area contributed by atoms with Gasteiger partial charge in [-0.2, -0.15) is 0 Å². The second-order valence-electron chi connectivity index (χ2n) is 12.5. The van der Waals surface area contributed by atoms with Gasteiger partial charge in [0.05, 0.1) is 9.75 Å². The number of benzene rings is 2. The van der Waals surface area contributed by atoms with Gasteiger partial charge in [0.2, 0.25) is 0 Å². The van der Waals surface area contributed by atoms with Gasteiger partial charge in [0.1, 0.15) is 0 Å². The molecule has 37 heavy (non-hydrogen) atoms. The van der Waals surface area contributed by atoms with E-state index in [-0.39, 0.29) is 26.2 Å². The quantitative estimate of drug-likeness (QED) is 0.272.